The number of nitrogens with one attached hydrogen (secondary N) is 2. The number of anilines is 2. The highest BCUT2D eigenvalue weighted by Crippen LogP contribution is 2.21. The molecule has 0 unspecified atom stereocenters. The lowest BCUT2D eigenvalue weighted by molar-refractivity contribution is 0.586. The molecular formula is C9H14N4O2S. The van der Waals surface area contributed by atoms with Crippen LogP contribution in [0.15, 0.2) is 12.3 Å². The summed E-state index contributed by atoms with van der Waals surface area (Å²) in [6.07, 6.45) is 3.21. The molecule has 0 aromatic carbocycles. The smallest absolute Gasteiger partial charge is 0.300 e. The summed E-state index contributed by atoms with van der Waals surface area (Å²) >= 11 is 0. The number of aromatic nitrogens is 1. The van der Waals surface area contributed by atoms with Gasteiger partial charge in [0.15, 0.2) is 0 Å². The molecule has 1 aromatic rings. The molecule has 0 saturated heterocycles. The summed E-state index contributed by atoms with van der Waals surface area (Å²) in [5.74, 6) is 0.308. The topological polar surface area (TPSA) is 97.1 Å². The number of pyridine rings is 1. The van der Waals surface area contributed by atoms with Crippen LogP contribution in [0, 0.1) is 6.92 Å². The van der Waals surface area contributed by atoms with E-state index in [1.807, 2.05) is 0 Å². The molecule has 7 heteroatoms. The van der Waals surface area contributed by atoms with Gasteiger partial charge in [-0.2, -0.15) is 13.1 Å². The summed E-state index contributed by atoms with van der Waals surface area (Å²) in [6.45, 7) is 1.75. The SMILES string of the molecule is Cc1cc(N)cnc1NS(=O)(=O)NC1CC1. The molecule has 88 valence electrons. The molecule has 6 nitrogen and oxygen atoms in total. The second kappa shape index (κ2) is 3.91. The van der Waals surface area contributed by atoms with Crippen LogP contribution in [-0.4, -0.2) is 19.4 Å². The molecule has 0 aliphatic heterocycles. The molecule has 0 bridgehead atoms. The summed E-state index contributed by atoms with van der Waals surface area (Å²) in [5, 5.41) is 0. The molecule has 1 fully saturated rings. The minimum absolute atomic E-state index is 0.0755. The summed E-state index contributed by atoms with van der Waals surface area (Å²) in [5.41, 5.74) is 6.73. The van der Waals surface area contributed by atoms with Crippen LogP contribution in [0.5, 0.6) is 0 Å². The van der Waals surface area contributed by atoms with Gasteiger partial charge in [0.1, 0.15) is 5.82 Å². The van der Waals surface area contributed by atoms with E-state index >= 15 is 0 Å². The van der Waals surface area contributed by atoms with Crippen LogP contribution >= 0.6 is 0 Å². The van der Waals surface area contributed by atoms with E-state index in [0.29, 0.717) is 17.1 Å². The molecule has 0 amide bonds. The Morgan fingerprint density at radius 2 is 2.19 bits per heavy atom. The van der Waals surface area contributed by atoms with Gasteiger partial charge in [0.2, 0.25) is 0 Å². The zero-order chi connectivity index (χ0) is 11.8. The van der Waals surface area contributed by atoms with Gasteiger partial charge in [-0.15, -0.1) is 0 Å². The third kappa shape index (κ3) is 2.83. The van der Waals surface area contributed by atoms with Gasteiger partial charge >= 0.3 is 10.2 Å². The van der Waals surface area contributed by atoms with Gasteiger partial charge < -0.3 is 5.73 Å². The van der Waals surface area contributed by atoms with Crippen LogP contribution in [0.2, 0.25) is 0 Å². The van der Waals surface area contributed by atoms with Crippen LogP contribution in [0.1, 0.15) is 18.4 Å². The third-order valence-electron chi connectivity index (χ3n) is 2.23. The largest absolute Gasteiger partial charge is 0.397 e. The maximum absolute atomic E-state index is 11.6. The number of nitrogens with two attached hydrogens (primary N) is 1. The van der Waals surface area contributed by atoms with Crippen molar-refractivity contribution in [2.45, 2.75) is 25.8 Å². The van der Waals surface area contributed by atoms with Gasteiger partial charge in [-0.05, 0) is 31.4 Å². The second-order valence-corrected chi connectivity index (χ2v) is 5.38. The van der Waals surface area contributed by atoms with Crippen molar-refractivity contribution in [3.63, 3.8) is 0 Å². The zero-order valence-corrected chi connectivity index (χ0v) is 9.71. The van der Waals surface area contributed by atoms with Crippen molar-refractivity contribution < 1.29 is 8.42 Å². The number of aryl methyl sites for hydroxylation is 1. The first-order valence-corrected chi connectivity index (χ1v) is 6.47. The molecule has 4 N–H and O–H groups in total. The van der Waals surface area contributed by atoms with E-state index in [1.165, 1.54) is 6.20 Å². The maximum atomic E-state index is 11.6. The van der Waals surface area contributed by atoms with Gasteiger partial charge in [0.25, 0.3) is 0 Å². The minimum Gasteiger partial charge on any atom is -0.397 e. The molecule has 0 spiro atoms. The molecule has 1 saturated carbocycles. The van der Waals surface area contributed by atoms with Crippen LogP contribution in [-0.2, 0) is 10.2 Å². The number of nitrogen functional groups attached to an aromatic ring is 1. The predicted molar refractivity (Wildman–Crippen MR) is 62.1 cm³/mol. The fourth-order valence-corrected chi connectivity index (χ4v) is 2.48. The summed E-state index contributed by atoms with van der Waals surface area (Å²) in [7, 11) is -3.51. The lowest BCUT2D eigenvalue weighted by atomic mass is 10.3. The van der Waals surface area contributed by atoms with Gasteiger partial charge in [-0.25, -0.2) is 4.98 Å². The highest BCUT2D eigenvalue weighted by molar-refractivity contribution is 7.90. The molecule has 16 heavy (non-hydrogen) atoms. The normalized spacial score (nSPS) is 16.1. The van der Waals surface area contributed by atoms with Gasteiger partial charge in [-0.3, -0.25) is 4.72 Å². The zero-order valence-electron chi connectivity index (χ0n) is 8.90. The molecule has 0 atom stereocenters. The maximum Gasteiger partial charge on any atom is 0.300 e. The standard InChI is InChI=1S/C9H14N4O2S/c1-6-4-7(10)5-11-9(6)13-16(14,15)12-8-2-3-8/h4-5,8,12H,2-3,10H2,1H3,(H,11,13). The lowest BCUT2D eigenvalue weighted by Gasteiger charge is -2.10. The predicted octanol–water partition coefficient (Wildman–Crippen LogP) is 0.381. The van der Waals surface area contributed by atoms with Crippen molar-refractivity contribution in [2.24, 2.45) is 0 Å². The highest BCUT2D eigenvalue weighted by Gasteiger charge is 2.27. The van der Waals surface area contributed by atoms with Crippen molar-refractivity contribution in [2.75, 3.05) is 10.5 Å². The van der Waals surface area contributed by atoms with E-state index in [0.717, 1.165) is 12.8 Å². The van der Waals surface area contributed by atoms with Crippen molar-refractivity contribution in [1.29, 1.82) is 0 Å². The van der Waals surface area contributed by atoms with E-state index in [2.05, 4.69) is 14.4 Å². The van der Waals surface area contributed by atoms with E-state index in [1.54, 1.807) is 13.0 Å². The van der Waals surface area contributed by atoms with Crippen molar-refractivity contribution in [3.8, 4) is 0 Å². The fourth-order valence-electron chi connectivity index (χ4n) is 1.28. The first kappa shape index (κ1) is 11.2. The lowest BCUT2D eigenvalue weighted by Crippen LogP contribution is -2.32. The van der Waals surface area contributed by atoms with Gasteiger partial charge in [0.05, 0.1) is 11.9 Å². The van der Waals surface area contributed by atoms with E-state index in [-0.39, 0.29) is 6.04 Å². The highest BCUT2D eigenvalue weighted by atomic mass is 32.2. The molecule has 1 aliphatic carbocycles. The Labute approximate surface area is 94.4 Å². The van der Waals surface area contributed by atoms with Crippen molar-refractivity contribution in [3.05, 3.63) is 17.8 Å². The molecule has 1 aliphatic rings. The van der Waals surface area contributed by atoms with Crippen molar-refractivity contribution >= 4 is 21.7 Å². The number of hydrogen-bond donors (Lipinski definition) is 3. The average Bonchev–Trinajstić information content (AvgIpc) is 2.93. The Hall–Kier alpha value is -1.34. The summed E-state index contributed by atoms with van der Waals surface area (Å²) in [6, 6.07) is 1.74. The number of nitrogens with zero attached hydrogens (tertiary/aromatic N) is 1. The van der Waals surface area contributed by atoms with Gasteiger partial charge in [-0.1, -0.05) is 0 Å². The second-order valence-electron chi connectivity index (χ2n) is 3.93. The Bertz CT molecular complexity index is 496. The first-order valence-electron chi connectivity index (χ1n) is 4.98. The first-order chi connectivity index (χ1) is 7.46. The van der Waals surface area contributed by atoms with Crippen LogP contribution < -0.4 is 15.2 Å². The Morgan fingerprint density at radius 3 is 2.75 bits per heavy atom. The number of hydrogen-bond acceptors (Lipinski definition) is 4. The summed E-state index contributed by atoms with van der Waals surface area (Å²) in [4.78, 5) is 3.94. The fraction of sp³-hybridized carbons (Fsp3) is 0.444. The van der Waals surface area contributed by atoms with Crippen molar-refractivity contribution in [1.82, 2.24) is 9.71 Å². The quantitative estimate of drug-likeness (QED) is 0.711. The molecule has 1 aromatic heterocycles. The van der Waals surface area contributed by atoms with Crippen LogP contribution in [0.25, 0.3) is 0 Å². The van der Waals surface area contributed by atoms with E-state index in [4.69, 9.17) is 5.73 Å². The Balaban J connectivity index is 2.13. The molecule has 2 rings (SSSR count). The Kier molecular flexibility index (Phi) is 2.73. The molecular weight excluding hydrogens is 228 g/mol. The number of rotatable bonds is 4. The average molecular weight is 242 g/mol. The van der Waals surface area contributed by atoms with Gasteiger partial charge in [0, 0.05) is 6.04 Å². The summed E-state index contributed by atoms with van der Waals surface area (Å²) < 4.78 is 28.1. The molecule has 0 radical (unpaired) electrons. The van der Waals surface area contributed by atoms with Crippen LogP contribution in [0.3, 0.4) is 0 Å². The third-order valence-corrected chi connectivity index (χ3v) is 3.34. The molecule has 1 heterocycles. The Morgan fingerprint density at radius 1 is 1.50 bits per heavy atom. The van der Waals surface area contributed by atoms with E-state index < -0.39 is 10.2 Å². The minimum atomic E-state index is -3.51. The monoisotopic (exact) mass is 242 g/mol. The van der Waals surface area contributed by atoms with E-state index in [9.17, 15) is 8.42 Å². The van der Waals surface area contributed by atoms with Crippen LogP contribution in [0.4, 0.5) is 11.5 Å².